The number of benzene rings is 2. The standard InChI is InChI=1S/C16H15FN2O3S/c1-11-7-8-13(17)15(9-11)23(21,22)18-14-10-19(16(14)20)12-5-3-2-4-6-12/h2-9,14,18H,10H2,1H3/t14-/m0/s1. The molecule has 1 amide bonds. The second kappa shape index (κ2) is 5.75. The summed E-state index contributed by atoms with van der Waals surface area (Å²) in [6.45, 7) is 1.89. The molecule has 0 spiro atoms. The van der Waals surface area contributed by atoms with Crippen LogP contribution in [0.4, 0.5) is 10.1 Å². The molecule has 1 saturated heterocycles. The van der Waals surface area contributed by atoms with Gasteiger partial charge in [0, 0.05) is 5.69 Å². The van der Waals surface area contributed by atoms with Crippen LogP contribution in [-0.2, 0) is 14.8 Å². The molecule has 1 fully saturated rings. The van der Waals surface area contributed by atoms with Gasteiger partial charge >= 0.3 is 0 Å². The van der Waals surface area contributed by atoms with Crippen LogP contribution in [0, 0.1) is 12.7 Å². The van der Waals surface area contributed by atoms with Crippen LogP contribution in [0.1, 0.15) is 5.56 Å². The Hall–Kier alpha value is -2.25. The van der Waals surface area contributed by atoms with Gasteiger partial charge in [0.1, 0.15) is 16.8 Å². The fourth-order valence-corrected chi connectivity index (χ4v) is 3.76. The number of para-hydroxylation sites is 1. The van der Waals surface area contributed by atoms with Gasteiger partial charge in [-0.1, -0.05) is 24.3 Å². The molecule has 0 aromatic heterocycles. The normalized spacial score (nSPS) is 17.9. The number of β-lactam (4-membered cyclic amide) rings is 1. The Balaban J connectivity index is 1.76. The summed E-state index contributed by atoms with van der Waals surface area (Å²) in [7, 11) is -4.08. The van der Waals surface area contributed by atoms with Crippen LogP contribution in [0.5, 0.6) is 0 Å². The summed E-state index contributed by atoms with van der Waals surface area (Å²) in [5, 5.41) is 0. The minimum absolute atomic E-state index is 0.218. The zero-order valence-electron chi connectivity index (χ0n) is 12.4. The van der Waals surface area contributed by atoms with E-state index in [4.69, 9.17) is 0 Å². The molecule has 0 radical (unpaired) electrons. The zero-order valence-corrected chi connectivity index (χ0v) is 13.2. The molecule has 1 aliphatic heterocycles. The number of amides is 1. The maximum Gasteiger partial charge on any atom is 0.247 e. The third kappa shape index (κ3) is 2.97. The van der Waals surface area contributed by atoms with Gasteiger partial charge in [0.25, 0.3) is 0 Å². The Kier molecular flexibility index (Phi) is 3.91. The number of nitrogens with one attached hydrogen (secondary N) is 1. The average Bonchev–Trinajstić information content (AvgIpc) is 2.53. The number of aryl methyl sites for hydroxylation is 1. The van der Waals surface area contributed by atoms with Crippen molar-refractivity contribution in [2.75, 3.05) is 11.4 Å². The van der Waals surface area contributed by atoms with Crippen molar-refractivity contribution in [2.24, 2.45) is 0 Å². The molecule has 5 nitrogen and oxygen atoms in total. The van der Waals surface area contributed by atoms with Crippen LogP contribution in [-0.4, -0.2) is 26.9 Å². The van der Waals surface area contributed by atoms with Gasteiger partial charge in [-0.3, -0.25) is 4.79 Å². The van der Waals surface area contributed by atoms with Crippen molar-refractivity contribution in [3.8, 4) is 0 Å². The number of sulfonamides is 1. The third-order valence-corrected chi connectivity index (χ3v) is 5.16. The van der Waals surface area contributed by atoms with Gasteiger partial charge in [-0.2, -0.15) is 4.72 Å². The molecule has 3 rings (SSSR count). The highest BCUT2D eigenvalue weighted by Crippen LogP contribution is 2.23. The van der Waals surface area contributed by atoms with Crippen LogP contribution in [0.3, 0.4) is 0 Å². The molecular weight excluding hydrogens is 319 g/mol. The predicted octanol–water partition coefficient (Wildman–Crippen LogP) is 1.83. The first-order chi connectivity index (χ1) is 10.9. The first-order valence-electron chi connectivity index (χ1n) is 7.03. The average molecular weight is 334 g/mol. The monoisotopic (exact) mass is 334 g/mol. The summed E-state index contributed by atoms with van der Waals surface area (Å²) in [5.74, 6) is -1.19. The Labute approximate surface area is 133 Å². The first-order valence-corrected chi connectivity index (χ1v) is 8.52. The molecular formula is C16H15FN2O3S. The number of hydrogen-bond acceptors (Lipinski definition) is 3. The minimum Gasteiger partial charge on any atom is -0.309 e. The van der Waals surface area contributed by atoms with Crippen molar-refractivity contribution >= 4 is 21.6 Å². The Bertz CT molecular complexity index is 853. The van der Waals surface area contributed by atoms with Gasteiger partial charge in [0.15, 0.2) is 0 Å². The lowest BCUT2D eigenvalue weighted by atomic mass is 10.1. The highest BCUT2D eigenvalue weighted by atomic mass is 32.2. The van der Waals surface area contributed by atoms with Crippen molar-refractivity contribution in [3.05, 3.63) is 59.9 Å². The lowest BCUT2D eigenvalue weighted by Gasteiger charge is -2.38. The molecule has 2 aromatic carbocycles. The lowest BCUT2D eigenvalue weighted by Crippen LogP contribution is -2.64. The van der Waals surface area contributed by atoms with E-state index >= 15 is 0 Å². The van der Waals surface area contributed by atoms with E-state index in [-0.39, 0.29) is 12.5 Å². The second-order valence-corrected chi connectivity index (χ2v) is 7.07. The molecule has 0 saturated carbocycles. The van der Waals surface area contributed by atoms with E-state index in [9.17, 15) is 17.6 Å². The van der Waals surface area contributed by atoms with Crippen molar-refractivity contribution < 1.29 is 17.6 Å². The lowest BCUT2D eigenvalue weighted by molar-refractivity contribution is -0.124. The molecule has 1 aliphatic rings. The molecule has 1 heterocycles. The number of nitrogens with zero attached hydrogens (tertiary/aromatic N) is 1. The summed E-state index contributed by atoms with van der Waals surface area (Å²) in [6.07, 6.45) is 0. The van der Waals surface area contributed by atoms with Gasteiger partial charge in [-0.15, -0.1) is 0 Å². The van der Waals surface area contributed by atoms with E-state index in [1.54, 1.807) is 31.2 Å². The van der Waals surface area contributed by atoms with E-state index in [2.05, 4.69) is 4.72 Å². The number of hydrogen-bond donors (Lipinski definition) is 1. The molecule has 23 heavy (non-hydrogen) atoms. The molecule has 0 bridgehead atoms. The van der Waals surface area contributed by atoms with Crippen molar-refractivity contribution in [3.63, 3.8) is 0 Å². The molecule has 120 valence electrons. The first kappa shape index (κ1) is 15.6. The predicted molar refractivity (Wildman–Crippen MR) is 84.0 cm³/mol. The van der Waals surface area contributed by atoms with Crippen molar-refractivity contribution in [1.29, 1.82) is 0 Å². The summed E-state index contributed by atoms with van der Waals surface area (Å²) in [6, 6.07) is 11.9. The maximum absolute atomic E-state index is 13.8. The molecule has 1 atom stereocenters. The van der Waals surface area contributed by atoms with Gasteiger partial charge in [-0.05, 0) is 36.8 Å². The summed E-state index contributed by atoms with van der Waals surface area (Å²) >= 11 is 0. The molecule has 2 aromatic rings. The van der Waals surface area contributed by atoms with E-state index < -0.39 is 26.8 Å². The number of carbonyl (C=O) groups excluding carboxylic acids is 1. The van der Waals surface area contributed by atoms with Crippen LogP contribution in [0.2, 0.25) is 0 Å². The van der Waals surface area contributed by atoms with E-state index in [0.717, 1.165) is 6.07 Å². The molecule has 0 unspecified atom stereocenters. The number of carbonyl (C=O) groups is 1. The quantitative estimate of drug-likeness (QED) is 0.868. The molecule has 1 N–H and O–H groups in total. The summed E-state index contributed by atoms with van der Waals surface area (Å²) in [5.41, 5.74) is 1.33. The van der Waals surface area contributed by atoms with Gasteiger partial charge in [0.2, 0.25) is 15.9 Å². The van der Waals surface area contributed by atoms with Crippen LogP contribution >= 0.6 is 0 Å². The van der Waals surface area contributed by atoms with Crippen molar-refractivity contribution in [1.82, 2.24) is 4.72 Å². The Morgan fingerprint density at radius 2 is 1.87 bits per heavy atom. The van der Waals surface area contributed by atoms with E-state index in [1.807, 2.05) is 6.07 Å². The number of rotatable bonds is 4. The molecule has 7 heteroatoms. The SMILES string of the molecule is Cc1ccc(F)c(S(=O)(=O)N[C@H]2CN(c3ccccc3)C2=O)c1. The largest absolute Gasteiger partial charge is 0.309 e. The van der Waals surface area contributed by atoms with Crippen LogP contribution < -0.4 is 9.62 Å². The maximum atomic E-state index is 13.8. The minimum atomic E-state index is -4.08. The molecule has 0 aliphatic carbocycles. The Morgan fingerprint density at radius 3 is 2.52 bits per heavy atom. The van der Waals surface area contributed by atoms with E-state index in [1.165, 1.54) is 17.0 Å². The van der Waals surface area contributed by atoms with Crippen LogP contribution in [0.25, 0.3) is 0 Å². The van der Waals surface area contributed by atoms with Gasteiger partial charge < -0.3 is 4.90 Å². The Morgan fingerprint density at radius 1 is 1.17 bits per heavy atom. The fourth-order valence-electron chi connectivity index (χ4n) is 2.42. The van der Waals surface area contributed by atoms with Crippen LogP contribution in [0.15, 0.2) is 53.4 Å². The van der Waals surface area contributed by atoms with Gasteiger partial charge in [-0.25, -0.2) is 12.8 Å². The third-order valence-electron chi connectivity index (χ3n) is 3.67. The summed E-state index contributed by atoms with van der Waals surface area (Å²) < 4.78 is 40.6. The van der Waals surface area contributed by atoms with Crippen molar-refractivity contribution in [2.45, 2.75) is 17.9 Å². The highest BCUT2D eigenvalue weighted by molar-refractivity contribution is 7.89. The van der Waals surface area contributed by atoms with Gasteiger partial charge in [0.05, 0.1) is 6.54 Å². The topological polar surface area (TPSA) is 66.5 Å². The second-order valence-electron chi connectivity index (χ2n) is 5.39. The summed E-state index contributed by atoms with van der Waals surface area (Å²) in [4.78, 5) is 13.2. The highest BCUT2D eigenvalue weighted by Gasteiger charge is 2.40. The fraction of sp³-hybridized carbons (Fsp3) is 0.188. The smallest absolute Gasteiger partial charge is 0.247 e. The van der Waals surface area contributed by atoms with E-state index in [0.29, 0.717) is 11.3 Å². The number of anilines is 1. The number of halogens is 1. The zero-order chi connectivity index (χ0) is 16.6.